The van der Waals surface area contributed by atoms with Gasteiger partial charge in [-0.25, -0.2) is 0 Å². The lowest BCUT2D eigenvalue weighted by atomic mass is 10.0. The molecule has 0 rings (SSSR count). The maximum absolute atomic E-state index is 11.8. The van der Waals surface area contributed by atoms with Crippen LogP contribution in [0.15, 0.2) is 0 Å². The number of unbranched alkanes of at least 4 members (excludes halogenated alkanes) is 23. The average molecular weight is 469 g/mol. The van der Waals surface area contributed by atoms with Crippen LogP contribution < -0.4 is 0 Å². The van der Waals surface area contributed by atoms with E-state index in [1.165, 1.54) is 141 Å². The molecular weight excluding hydrogens is 408 g/mol. The molecule has 198 valence electrons. The fourth-order valence-electron chi connectivity index (χ4n) is 4.53. The Morgan fingerprint density at radius 1 is 0.485 bits per heavy atom. The second-order valence-corrected chi connectivity index (χ2v) is 10.2. The highest BCUT2D eigenvalue weighted by Crippen LogP contribution is 2.14. The lowest BCUT2D eigenvalue weighted by molar-refractivity contribution is -0.143. The number of rotatable bonds is 28. The summed E-state index contributed by atoms with van der Waals surface area (Å²) in [6.07, 6.45) is 32.9. The SMILES string of the molecule is CCCCCCCCCCCCCCCC(=O)OCCCCCCCCCCCCCCO. The highest BCUT2D eigenvalue weighted by Gasteiger charge is 2.02. The Bertz CT molecular complexity index is 370. The van der Waals surface area contributed by atoms with Gasteiger partial charge in [0.15, 0.2) is 0 Å². The van der Waals surface area contributed by atoms with Crippen LogP contribution in [-0.2, 0) is 9.53 Å². The minimum Gasteiger partial charge on any atom is -0.466 e. The number of carbonyl (C=O) groups is 1. The van der Waals surface area contributed by atoms with E-state index in [0.717, 1.165) is 19.3 Å². The maximum Gasteiger partial charge on any atom is 0.305 e. The molecule has 0 aromatic heterocycles. The fourth-order valence-corrected chi connectivity index (χ4v) is 4.53. The zero-order valence-corrected chi connectivity index (χ0v) is 22.6. The highest BCUT2D eigenvalue weighted by atomic mass is 16.5. The third-order valence-electron chi connectivity index (χ3n) is 6.80. The number of esters is 1. The van der Waals surface area contributed by atoms with Crippen LogP contribution in [-0.4, -0.2) is 24.3 Å². The average Bonchev–Trinajstić information content (AvgIpc) is 2.82. The summed E-state index contributed by atoms with van der Waals surface area (Å²) in [4.78, 5) is 11.8. The van der Waals surface area contributed by atoms with Crippen molar-refractivity contribution in [3.63, 3.8) is 0 Å². The second-order valence-electron chi connectivity index (χ2n) is 10.2. The predicted molar refractivity (Wildman–Crippen MR) is 144 cm³/mol. The van der Waals surface area contributed by atoms with E-state index in [0.29, 0.717) is 19.6 Å². The first-order valence-electron chi connectivity index (χ1n) is 15.1. The number of hydrogen-bond acceptors (Lipinski definition) is 3. The molecule has 0 amide bonds. The van der Waals surface area contributed by atoms with Crippen molar-refractivity contribution in [3.05, 3.63) is 0 Å². The normalized spacial score (nSPS) is 11.2. The van der Waals surface area contributed by atoms with Crippen LogP contribution in [0.1, 0.15) is 174 Å². The van der Waals surface area contributed by atoms with Crippen molar-refractivity contribution in [2.75, 3.05) is 13.2 Å². The molecule has 0 aromatic carbocycles. The second kappa shape index (κ2) is 29.5. The fraction of sp³-hybridized carbons (Fsp3) is 0.967. The van der Waals surface area contributed by atoms with Gasteiger partial charge in [-0.1, -0.05) is 148 Å². The zero-order valence-electron chi connectivity index (χ0n) is 22.6. The molecule has 0 radical (unpaired) electrons. The van der Waals surface area contributed by atoms with E-state index >= 15 is 0 Å². The quantitative estimate of drug-likeness (QED) is 0.0918. The topological polar surface area (TPSA) is 46.5 Å². The van der Waals surface area contributed by atoms with Gasteiger partial charge < -0.3 is 9.84 Å². The minimum absolute atomic E-state index is 0.0112. The molecule has 3 nitrogen and oxygen atoms in total. The standard InChI is InChI=1S/C30H60O3/c1-2-3-4-5-6-7-8-9-12-15-18-21-24-27-30(32)33-29-26-23-20-17-14-11-10-13-16-19-22-25-28-31/h31H,2-29H2,1H3. The molecule has 0 aliphatic carbocycles. The molecule has 0 aliphatic heterocycles. The van der Waals surface area contributed by atoms with Gasteiger partial charge in [0.25, 0.3) is 0 Å². The number of aliphatic hydroxyl groups excluding tert-OH is 1. The molecule has 0 bridgehead atoms. The van der Waals surface area contributed by atoms with Gasteiger partial charge in [0.2, 0.25) is 0 Å². The van der Waals surface area contributed by atoms with Gasteiger partial charge in [0.1, 0.15) is 0 Å². The van der Waals surface area contributed by atoms with Crippen molar-refractivity contribution in [1.29, 1.82) is 0 Å². The van der Waals surface area contributed by atoms with Crippen LogP contribution in [0, 0.1) is 0 Å². The van der Waals surface area contributed by atoms with Crippen molar-refractivity contribution in [2.45, 2.75) is 174 Å². The minimum atomic E-state index is 0.0112. The van der Waals surface area contributed by atoms with Crippen molar-refractivity contribution in [2.24, 2.45) is 0 Å². The maximum atomic E-state index is 11.8. The van der Waals surface area contributed by atoms with Crippen LogP contribution in [0.25, 0.3) is 0 Å². The molecule has 0 heterocycles. The zero-order chi connectivity index (χ0) is 24.1. The van der Waals surface area contributed by atoms with Gasteiger partial charge in [-0.05, 0) is 19.3 Å². The van der Waals surface area contributed by atoms with E-state index < -0.39 is 0 Å². The number of carbonyl (C=O) groups excluding carboxylic acids is 1. The summed E-state index contributed by atoms with van der Waals surface area (Å²) in [5.41, 5.74) is 0. The van der Waals surface area contributed by atoms with Crippen LogP contribution in [0.5, 0.6) is 0 Å². The molecule has 0 unspecified atom stereocenters. The van der Waals surface area contributed by atoms with Gasteiger partial charge in [-0.3, -0.25) is 4.79 Å². The van der Waals surface area contributed by atoms with E-state index in [1.807, 2.05) is 0 Å². The summed E-state index contributed by atoms with van der Waals surface area (Å²) in [7, 11) is 0. The molecule has 1 N–H and O–H groups in total. The highest BCUT2D eigenvalue weighted by molar-refractivity contribution is 5.69. The molecule has 0 atom stereocenters. The molecule has 0 saturated carbocycles. The first kappa shape index (κ1) is 32.4. The van der Waals surface area contributed by atoms with E-state index in [4.69, 9.17) is 9.84 Å². The molecule has 0 aliphatic rings. The molecule has 0 fully saturated rings. The van der Waals surface area contributed by atoms with Crippen LogP contribution in [0.4, 0.5) is 0 Å². The van der Waals surface area contributed by atoms with Crippen LogP contribution in [0.2, 0.25) is 0 Å². The Morgan fingerprint density at radius 2 is 0.818 bits per heavy atom. The molecule has 0 saturated heterocycles. The van der Waals surface area contributed by atoms with Gasteiger partial charge in [0, 0.05) is 13.0 Å². The Hall–Kier alpha value is -0.570. The van der Waals surface area contributed by atoms with Crippen molar-refractivity contribution < 1.29 is 14.6 Å². The van der Waals surface area contributed by atoms with Gasteiger partial charge >= 0.3 is 5.97 Å². The summed E-state index contributed by atoms with van der Waals surface area (Å²) in [5.74, 6) is 0.0112. The largest absolute Gasteiger partial charge is 0.466 e. The molecular formula is C30H60O3. The van der Waals surface area contributed by atoms with Gasteiger partial charge in [-0.2, -0.15) is 0 Å². The molecule has 0 aromatic rings. The van der Waals surface area contributed by atoms with E-state index in [-0.39, 0.29) is 5.97 Å². The van der Waals surface area contributed by atoms with E-state index in [9.17, 15) is 4.79 Å². The van der Waals surface area contributed by atoms with Gasteiger partial charge in [-0.15, -0.1) is 0 Å². The van der Waals surface area contributed by atoms with Crippen molar-refractivity contribution >= 4 is 5.97 Å². The van der Waals surface area contributed by atoms with Gasteiger partial charge in [0.05, 0.1) is 6.61 Å². The summed E-state index contributed by atoms with van der Waals surface area (Å²) in [6.45, 7) is 3.24. The van der Waals surface area contributed by atoms with Crippen LogP contribution in [0.3, 0.4) is 0 Å². The third kappa shape index (κ3) is 29.4. The Kier molecular flexibility index (Phi) is 29.0. The van der Waals surface area contributed by atoms with Crippen molar-refractivity contribution in [1.82, 2.24) is 0 Å². The smallest absolute Gasteiger partial charge is 0.305 e. The monoisotopic (exact) mass is 468 g/mol. The Labute approximate surface area is 207 Å². The Balaban J connectivity index is 3.14. The van der Waals surface area contributed by atoms with E-state index in [2.05, 4.69) is 6.92 Å². The number of ether oxygens (including phenoxy) is 1. The van der Waals surface area contributed by atoms with Crippen molar-refractivity contribution in [3.8, 4) is 0 Å². The lowest BCUT2D eigenvalue weighted by Crippen LogP contribution is -2.05. The predicted octanol–water partition coefficient (Wildman–Crippen LogP) is 9.68. The number of hydrogen-bond donors (Lipinski definition) is 1. The molecule has 0 spiro atoms. The first-order valence-corrected chi connectivity index (χ1v) is 15.1. The summed E-state index contributed by atoms with van der Waals surface area (Å²) < 4.78 is 5.39. The summed E-state index contributed by atoms with van der Waals surface area (Å²) in [5, 5.41) is 8.75. The number of aliphatic hydroxyl groups is 1. The molecule has 33 heavy (non-hydrogen) atoms. The Morgan fingerprint density at radius 3 is 1.21 bits per heavy atom. The first-order chi connectivity index (χ1) is 16.3. The summed E-state index contributed by atoms with van der Waals surface area (Å²) in [6, 6.07) is 0. The third-order valence-corrected chi connectivity index (χ3v) is 6.80. The van der Waals surface area contributed by atoms with Crippen LogP contribution >= 0.6 is 0 Å². The lowest BCUT2D eigenvalue weighted by Gasteiger charge is -2.06. The summed E-state index contributed by atoms with van der Waals surface area (Å²) >= 11 is 0. The van der Waals surface area contributed by atoms with E-state index in [1.54, 1.807) is 0 Å². The molecule has 3 heteroatoms.